The number of hydrogen-bond acceptors (Lipinski definition) is 3. The Kier molecular flexibility index (Phi) is 4.85. The number of furan rings is 1. The van der Waals surface area contributed by atoms with E-state index in [9.17, 15) is 0 Å². The van der Waals surface area contributed by atoms with E-state index < -0.39 is 0 Å². The van der Waals surface area contributed by atoms with Crippen molar-refractivity contribution in [1.29, 1.82) is 0 Å². The monoisotopic (exact) mass is 210 g/mol. The summed E-state index contributed by atoms with van der Waals surface area (Å²) in [6.07, 6.45) is 1.77. The molecule has 15 heavy (non-hydrogen) atoms. The van der Waals surface area contributed by atoms with Crippen LogP contribution in [0.4, 0.5) is 0 Å². The highest BCUT2D eigenvalue weighted by atomic mass is 16.3. The minimum absolute atomic E-state index is 0.544. The highest BCUT2D eigenvalue weighted by Crippen LogP contribution is 2.13. The van der Waals surface area contributed by atoms with Crippen LogP contribution in [0.25, 0.3) is 0 Å². The van der Waals surface area contributed by atoms with Gasteiger partial charge in [0, 0.05) is 18.2 Å². The molecule has 0 spiro atoms. The van der Waals surface area contributed by atoms with Gasteiger partial charge in [-0.25, -0.2) is 0 Å². The van der Waals surface area contributed by atoms with Crippen molar-refractivity contribution < 1.29 is 4.42 Å². The van der Waals surface area contributed by atoms with E-state index in [2.05, 4.69) is 38.0 Å². The van der Waals surface area contributed by atoms with Gasteiger partial charge < -0.3 is 9.73 Å². The second-order valence-corrected chi connectivity index (χ2v) is 4.16. The third-order valence-corrected chi connectivity index (χ3v) is 2.68. The lowest BCUT2D eigenvalue weighted by Gasteiger charge is -2.20. The molecule has 0 radical (unpaired) electrons. The van der Waals surface area contributed by atoms with Crippen LogP contribution in [-0.4, -0.2) is 24.5 Å². The molecule has 0 atom stereocenters. The Hall–Kier alpha value is -0.800. The number of nitrogens with one attached hydrogen (secondary N) is 1. The summed E-state index contributed by atoms with van der Waals surface area (Å²) in [5, 5.41) is 3.32. The molecule has 0 aliphatic carbocycles. The Bertz CT molecular complexity index is 281. The highest BCUT2D eigenvalue weighted by Gasteiger charge is 2.10. The fraction of sp³-hybridized carbons (Fsp3) is 0.667. The van der Waals surface area contributed by atoms with Gasteiger partial charge in [0.05, 0.1) is 12.8 Å². The zero-order chi connectivity index (χ0) is 11.3. The first-order chi connectivity index (χ1) is 7.15. The molecule has 0 fully saturated rings. The van der Waals surface area contributed by atoms with Crippen molar-refractivity contribution >= 4 is 0 Å². The van der Waals surface area contributed by atoms with E-state index in [-0.39, 0.29) is 0 Å². The molecule has 3 nitrogen and oxygen atoms in total. The third-order valence-electron chi connectivity index (χ3n) is 2.68. The van der Waals surface area contributed by atoms with E-state index in [0.29, 0.717) is 6.04 Å². The minimum Gasteiger partial charge on any atom is -0.468 e. The summed E-state index contributed by atoms with van der Waals surface area (Å²) in [7, 11) is 2.12. The smallest absolute Gasteiger partial charge is 0.122 e. The summed E-state index contributed by atoms with van der Waals surface area (Å²) in [6, 6.07) is 2.59. The van der Waals surface area contributed by atoms with Gasteiger partial charge in [-0.15, -0.1) is 0 Å². The topological polar surface area (TPSA) is 28.4 Å². The Morgan fingerprint density at radius 3 is 2.80 bits per heavy atom. The van der Waals surface area contributed by atoms with Gasteiger partial charge in [-0.2, -0.15) is 0 Å². The Morgan fingerprint density at radius 2 is 2.20 bits per heavy atom. The number of rotatable bonds is 6. The van der Waals surface area contributed by atoms with Gasteiger partial charge in [-0.05, 0) is 33.5 Å². The molecule has 1 heterocycles. The van der Waals surface area contributed by atoms with Crippen LogP contribution in [0, 0.1) is 0 Å². The van der Waals surface area contributed by atoms with Gasteiger partial charge in [-0.1, -0.05) is 6.92 Å². The maximum atomic E-state index is 5.50. The second kappa shape index (κ2) is 5.93. The fourth-order valence-electron chi connectivity index (χ4n) is 1.33. The molecule has 0 unspecified atom stereocenters. The summed E-state index contributed by atoms with van der Waals surface area (Å²) in [5.41, 5.74) is 1.27. The number of hydrogen-bond donors (Lipinski definition) is 1. The largest absolute Gasteiger partial charge is 0.468 e. The van der Waals surface area contributed by atoms with E-state index in [1.807, 2.05) is 6.07 Å². The third kappa shape index (κ3) is 3.68. The molecule has 0 aliphatic heterocycles. The van der Waals surface area contributed by atoms with Crippen molar-refractivity contribution in [2.24, 2.45) is 0 Å². The summed E-state index contributed by atoms with van der Waals surface area (Å²) in [5.74, 6) is 1.08. The second-order valence-electron chi connectivity index (χ2n) is 4.16. The van der Waals surface area contributed by atoms with Crippen LogP contribution < -0.4 is 5.32 Å². The maximum Gasteiger partial charge on any atom is 0.122 e. The Morgan fingerprint density at radius 1 is 1.47 bits per heavy atom. The Labute approximate surface area is 92.5 Å². The minimum atomic E-state index is 0.544. The molecule has 0 saturated heterocycles. The van der Waals surface area contributed by atoms with Gasteiger partial charge in [0.25, 0.3) is 0 Å². The predicted molar refractivity (Wildman–Crippen MR) is 62.7 cm³/mol. The fourth-order valence-corrected chi connectivity index (χ4v) is 1.33. The summed E-state index contributed by atoms with van der Waals surface area (Å²) in [6.45, 7) is 9.25. The van der Waals surface area contributed by atoms with E-state index in [1.165, 1.54) is 5.56 Å². The molecule has 0 amide bonds. The lowest BCUT2D eigenvalue weighted by atomic mass is 10.2. The first-order valence-corrected chi connectivity index (χ1v) is 5.61. The lowest BCUT2D eigenvalue weighted by molar-refractivity contribution is 0.242. The van der Waals surface area contributed by atoms with E-state index >= 15 is 0 Å². The first-order valence-electron chi connectivity index (χ1n) is 5.61. The van der Waals surface area contributed by atoms with Gasteiger partial charge in [0.2, 0.25) is 0 Å². The predicted octanol–water partition coefficient (Wildman–Crippen LogP) is 2.23. The van der Waals surface area contributed by atoms with E-state index in [0.717, 1.165) is 25.4 Å². The standard InChI is InChI=1S/C12H22N2O/c1-5-13-8-11-6-7-15-12(11)9-14(4)10(2)3/h6-7,10,13H,5,8-9H2,1-4H3. The van der Waals surface area contributed by atoms with Crippen LogP contribution in [0.1, 0.15) is 32.1 Å². The van der Waals surface area contributed by atoms with E-state index in [4.69, 9.17) is 4.42 Å². The molecule has 3 heteroatoms. The molecule has 0 aliphatic rings. The quantitative estimate of drug-likeness (QED) is 0.780. The molecular formula is C12H22N2O. The van der Waals surface area contributed by atoms with Gasteiger partial charge in [0.15, 0.2) is 0 Å². The molecule has 1 N–H and O–H groups in total. The van der Waals surface area contributed by atoms with Crippen LogP contribution in [-0.2, 0) is 13.1 Å². The van der Waals surface area contributed by atoms with Crippen molar-refractivity contribution in [3.05, 3.63) is 23.7 Å². The average molecular weight is 210 g/mol. The molecule has 1 aromatic rings. The maximum absolute atomic E-state index is 5.50. The summed E-state index contributed by atoms with van der Waals surface area (Å²) in [4.78, 5) is 2.27. The zero-order valence-corrected chi connectivity index (χ0v) is 10.2. The van der Waals surface area contributed by atoms with Gasteiger partial charge in [-0.3, -0.25) is 4.90 Å². The molecule has 1 rings (SSSR count). The van der Waals surface area contributed by atoms with Crippen LogP contribution >= 0.6 is 0 Å². The highest BCUT2D eigenvalue weighted by molar-refractivity contribution is 5.16. The van der Waals surface area contributed by atoms with Crippen LogP contribution in [0.5, 0.6) is 0 Å². The molecule has 1 aromatic heterocycles. The molecule has 86 valence electrons. The average Bonchev–Trinajstić information content (AvgIpc) is 2.62. The van der Waals surface area contributed by atoms with Gasteiger partial charge in [0.1, 0.15) is 5.76 Å². The summed E-state index contributed by atoms with van der Waals surface area (Å²) >= 11 is 0. The lowest BCUT2D eigenvalue weighted by Crippen LogP contribution is -2.26. The molecule has 0 aromatic carbocycles. The van der Waals surface area contributed by atoms with Crippen molar-refractivity contribution in [1.82, 2.24) is 10.2 Å². The van der Waals surface area contributed by atoms with Crippen molar-refractivity contribution in [3.63, 3.8) is 0 Å². The van der Waals surface area contributed by atoms with Crippen LogP contribution in [0.3, 0.4) is 0 Å². The zero-order valence-electron chi connectivity index (χ0n) is 10.2. The van der Waals surface area contributed by atoms with Crippen LogP contribution in [0.15, 0.2) is 16.7 Å². The van der Waals surface area contributed by atoms with E-state index in [1.54, 1.807) is 6.26 Å². The number of nitrogens with zero attached hydrogens (tertiary/aromatic N) is 1. The normalized spacial score (nSPS) is 11.6. The Balaban J connectivity index is 2.56. The van der Waals surface area contributed by atoms with Gasteiger partial charge >= 0.3 is 0 Å². The van der Waals surface area contributed by atoms with Crippen molar-refractivity contribution in [2.75, 3.05) is 13.6 Å². The van der Waals surface area contributed by atoms with Crippen LogP contribution in [0.2, 0.25) is 0 Å². The first kappa shape index (κ1) is 12.3. The van der Waals surface area contributed by atoms with Crippen molar-refractivity contribution in [2.45, 2.75) is 39.9 Å². The molecule has 0 bridgehead atoms. The van der Waals surface area contributed by atoms with Crippen molar-refractivity contribution in [3.8, 4) is 0 Å². The molecular weight excluding hydrogens is 188 g/mol. The molecule has 0 saturated carbocycles. The summed E-state index contributed by atoms with van der Waals surface area (Å²) < 4.78 is 5.50. The SMILES string of the molecule is CCNCc1ccoc1CN(C)C(C)C.